The predicted octanol–water partition coefficient (Wildman–Crippen LogP) is 1.49. The van der Waals surface area contributed by atoms with Gasteiger partial charge in [-0.1, -0.05) is 6.92 Å². The van der Waals surface area contributed by atoms with Crippen LogP contribution < -0.4 is 10.5 Å². The van der Waals surface area contributed by atoms with Gasteiger partial charge in [0.05, 0.1) is 12.6 Å². The summed E-state index contributed by atoms with van der Waals surface area (Å²) >= 11 is 0. The number of nitrogens with one attached hydrogen (secondary N) is 1. The van der Waals surface area contributed by atoms with Crippen molar-refractivity contribution >= 4 is 11.2 Å². The minimum Gasteiger partial charge on any atom is -0.481 e. The molecule has 0 fully saturated rings. The van der Waals surface area contributed by atoms with Gasteiger partial charge < -0.3 is 15.5 Å². The van der Waals surface area contributed by atoms with E-state index in [4.69, 9.17) is 10.5 Å². The zero-order valence-electron chi connectivity index (χ0n) is 10.2. The van der Waals surface area contributed by atoms with Crippen LogP contribution in [0.4, 0.5) is 0 Å². The Morgan fingerprint density at radius 2 is 2.24 bits per heavy atom. The first-order valence-corrected chi connectivity index (χ1v) is 5.82. The zero-order chi connectivity index (χ0) is 12.3. The number of aromatic amines is 1. The van der Waals surface area contributed by atoms with Gasteiger partial charge in [-0.15, -0.1) is 0 Å². The lowest BCUT2D eigenvalue weighted by atomic mass is 10.1. The van der Waals surface area contributed by atoms with Crippen molar-refractivity contribution in [3.8, 4) is 5.88 Å². The number of hydrogen-bond acceptors (Lipinski definition) is 4. The van der Waals surface area contributed by atoms with Gasteiger partial charge in [0.15, 0.2) is 5.65 Å². The van der Waals surface area contributed by atoms with Crippen LogP contribution in [0.25, 0.3) is 11.2 Å². The fraction of sp³-hybridized carbons (Fsp3) is 0.500. The Hall–Kier alpha value is -1.62. The highest BCUT2D eigenvalue weighted by atomic mass is 16.5. The monoisotopic (exact) mass is 234 g/mol. The molecule has 92 valence electrons. The Labute approximate surface area is 100 Å². The summed E-state index contributed by atoms with van der Waals surface area (Å²) in [5, 5.41) is 0. The molecule has 1 unspecified atom stereocenters. The Balaban J connectivity index is 2.14. The van der Waals surface area contributed by atoms with Crippen LogP contribution in [-0.4, -0.2) is 28.6 Å². The summed E-state index contributed by atoms with van der Waals surface area (Å²) in [6, 6.07) is 3.76. The van der Waals surface area contributed by atoms with Crippen LogP contribution in [0.5, 0.6) is 5.88 Å². The van der Waals surface area contributed by atoms with Crippen LogP contribution in [0.3, 0.4) is 0 Å². The molecule has 0 bridgehead atoms. The molecule has 2 aromatic heterocycles. The smallest absolute Gasteiger partial charge is 0.215 e. The molecule has 2 rings (SSSR count). The molecular weight excluding hydrogens is 216 g/mol. The fourth-order valence-electron chi connectivity index (χ4n) is 1.66. The Morgan fingerprint density at radius 3 is 2.94 bits per heavy atom. The molecule has 2 aromatic rings. The maximum Gasteiger partial charge on any atom is 0.215 e. The minimum absolute atomic E-state index is 0.519. The van der Waals surface area contributed by atoms with Crippen molar-refractivity contribution in [2.75, 3.05) is 13.7 Å². The Bertz CT molecular complexity index is 494. The molecule has 0 saturated heterocycles. The molecular formula is C12H18N4O. The van der Waals surface area contributed by atoms with Crippen LogP contribution in [0.1, 0.15) is 19.2 Å². The van der Waals surface area contributed by atoms with E-state index in [2.05, 4.69) is 21.9 Å². The first-order chi connectivity index (χ1) is 8.22. The van der Waals surface area contributed by atoms with Gasteiger partial charge in [0.25, 0.3) is 0 Å². The molecule has 1 atom stereocenters. The summed E-state index contributed by atoms with van der Waals surface area (Å²) in [5.74, 6) is 2.07. The van der Waals surface area contributed by atoms with Crippen molar-refractivity contribution in [3.05, 3.63) is 18.0 Å². The topological polar surface area (TPSA) is 76.8 Å². The minimum atomic E-state index is 0.519. The highest BCUT2D eigenvalue weighted by Crippen LogP contribution is 2.15. The maximum atomic E-state index is 5.59. The number of H-pyrrole nitrogens is 1. The normalized spacial score (nSPS) is 12.9. The van der Waals surface area contributed by atoms with Gasteiger partial charge >= 0.3 is 0 Å². The van der Waals surface area contributed by atoms with Gasteiger partial charge in [-0.25, -0.2) is 4.98 Å². The summed E-state index contributed by atoms with van der Waals surface area (Å²) < 4.78 is 5.07. The average Bonchev–Trinajstić information content (AvgIpc) is 2.77. The second-order valence-electron chi connectivity index (χ2n) is 4.29. The van der Waals surface area contributed by atoms with Crippen molar-refractivity contribution in [1.82, 2.24) is 15.0 Å². The lowest BCUT2D eigenvalue weighted by Crippen LogP contribution is -2.11. The second kappa shape index (κ2) is 5.14. The Morgan fingerprint density at radius 1 is 1.41 bits per heavy atom. The van der Waals surface area contributed by atoms with E-state index in [9.17, 15) is 0 Å². The highest BCUT2D eigenvalue weighted by Gasteiger charge is 2.07. The zero-order valence-corrected chi connectivity index (χ0v) is 10.2. The highest BCUT2D eigenvalue weighted by molar-refractivity contribution is 5.71. The third-order valence-corrected chi connectivity index (χ3v) is 2.85. The van der Waals surface area contributed by atoms with E-state index in [1.165, 1.54) is 0 Å². The van der Waals surface area contributed by atoms with E-state index < -0.39 is 0 Å². The fourth-order valence-corrected chi connectivity index (χ4v) is 1.66. The molecule has 0 saturated carbocycles. The largest absolute Gasteiger partial charge is 0.481 e. The van der Waals surface area contributed by atoms with Crippen LogP contribution in [0.2, 0.25) is 0 Å². The molecule has 5 heteroatoms. The number of imidazole rings is 1. The molecule has 2 heterocycles. The van der Waals surface area contributed by atoms with Crippen LogP contribution in [-0.2, 0) is 6.42 Å². The van der Waals surface area contributed by atoms with Crippen LogP contribution in [0.15, 0.2) is 12.1 Å². The molecule has 5 nitrogen and oxygen atoms in total. The summed E-state index contributed by atoms with van der Waals surface area (Å²) in [5.41, 5.74) is 7.24. The second-order valence-corrected chi connectivity index (χ2v) is 4.29. The van der Waals surface area contributed by atoms with E-state index in [0.717, 1.165) is 24.2 Å². The number of ether oxygens (including phenoxy) is 1. The van der Waals surface area contributed by atoms with Crippen molar-refractivity contribution in [3.63, 3.8) is 0 Å². The van der Waals surface area contributed by atoms with Gasteiger partial charge in [0.1, 0.15) is 5.82 Å². The third-order valence-electron chi connectivity index (χ3n) is 2.85. The van der Waals surface area contributed by atoms with Gasteiger partial charge in [0.2, 0.25) is 5.88 Å². The van der Waals surface area contributed by atoms with Crippen molar-refractivity contribution < 1.29 is 4.74 Å². The summed E-state index contributed by atoms with van der Waals surface area (Å²) in [6.45, 7) is 2.86. The number of nitrogens with zero attached hydrogens (tertiary/aromatic N) is 2. The number of methoxy groups -OCH3 is 1. The number of hydrogen-bond donors (Lipinski definition) is 2. The molecule has 0 amide bonds. The van der Waals surface area contributed by atoms with Crippen molar-refractivity contribution in [1.29, 1.82) is 0 Å². The molecule has 17 heavy (non-hydrogen) atoms. The number of rotatable bonds is 5. The van der Waals surface area contributed by atoms with Crippen molar-refractivity contribution in [2.45, 2.75) is 19.8 Å². The molecule has 0 aliphatic heterocycles. The third kappa shape index (κ3) is 2.74. The van der Waals surface area contributed by atoms with Crippen LogP contribution >= 0.6 is 0 Å². The van der Waals surface area contributed by atoms with E-state index in [1.807, 2.05) is 12.1 Å². The van der Waals surface area contributed by atoms with Gasteiger partial charge in [-0.05, 0) is 24.9 Å². The molecule has 0 aromatic carbocycles. The lowest BCUT2D eigenvalue weighted by Gasteiger charge is -2.04. The maximum absolute atomic E-state index is 5.59. The number of aromatic nitrogens is 3. The molecule has 0 aliphatic carbocycles. The first kappa shape index (κ1) is 11.9. The van der Waals surface area contributed by atoms with E-state index in [1.54, 1.807) is 7.11 Å². The van der Waals surface area contributed by atoms with E-state index >= 15 is 0 Å². The number of fused-ring (bicyclic) bond motifs is 1. The number of nitrogens with two attached hydrogens (primary N) is 1. The predicted molar refractivity (Wildman–Crippen MR) is 67.0 cm³/mol. The van der Waals surface area contributed by atoms with Gasteiger partial charge in [-0.2, -0.15) is 4.98 Å². The molecule has 0 aliphatic rings. The number of aryl methyl sites for hydroxylation is 1. The standard InChI is InChI=1S/C12H18N4O/c1-8(7-13)3-5-10-14-9-4-6-11(17-2)16-12(9)15-10/h4,6,8H,3,5,7,13H2,1-2H3,(H,14,15,16). The lowest BCUT2D eigenvalue weighted by molar-refractivity contribution is 0.399. The van der Waals surface area contributed by atoms with Crippen molar-refractivity contribution in [2.24, 2.45) is 11.7 Å². The number of pyridine rings is 1. The Kier molecular flexibility index (Phi) is 3.58. The van der Waals surface area contributed by atoms with Gasteiger partial charge in [0, 0.05) is 12.5 Å². The summed E-state index contributed by atoms with van der Waals surface area (Å²) in [6.07, 6.45) is 1.94. The summed E-state index contributed by atoms with van der Waals surface area (Å²) in [7, 11) is 1.60. The molecule has 3 N–H and O–H groups in total. The first-order valence-electron chi connectivity index (χ1n) is 5.82. The van der Waals surface area contributed by atoms with E-state index in [0.29, 0.717) is 24.0 Å². The molecule has 0 spiro atoms. The van der Waals surface area contributed by atoms with Gasteiger partial charge in [-0.3, -0.25) is 0 Å². The quantitative estimate of drug-likeness (QED) is 0.821. The molecule has 0 radical (unpaired) electrons. The SMILES string of the molecule is COc1ccc2[nH]c(CCC(C)CN)nc2n1. The average molecular weight is 234 g/mol. The van der Waals surface area contributed by atoms with Crippen LogP contribution in [0, 0.1) is 5.92 Å². The van der Waals surface area contributed by atoms with E-state index in [-0.39, 0.29) is 0 Å². The summed E-state index contributed by atoms with van der Waals surface area (Å²) in [4.78, 5) is 12.0.